The van der Waals surface area contributed by atoms with Gasteiger partial charge in [0.15, 0.2) is 19.7 Å². The molecule has 1 saturated carbocycles. The fraction of sp³-hybridized carbons (Fsp3) is 0.500. The molecule has 6 nitrogen and oxygen atoms in total. The van der Waals surface area contributed by atoms with E-state index >= 15 is 0 Å². The second-order valence-corrected chi connectivity index (χ2v) is 15.7. The Morgan fingerprint density at radius 2 is 1.63 bits per heavy atom. The molecule has 4 rings (SSSR count). The Morgan fingerprint density at radius 3 is 2.18 bits per heavy atom. The first-order valence-corrected chi connectivity index (χ1v) is 16.2. The number of likely N-dealkylation sites (tertiary alicyclic amines) is 1. The third-order valence-electron chi connectivity index (χ3n) is 7.88. The molecule has 0 radical (unpaired) electrons. The molecule has 208 valence electrons. The topological polar surface area (TPSA) is 88.6 Å². The minimum Gasteiger partial charge on any atom is -0.339 e. The van der Waals surface area contributed by atoms with Crippen LogP contribution in [0.3, 0.4) is 0 Å². The Balaban J connectivity index is 1.56. The van der Waals surface area contributed by atoms with E-state index in [0.717, 1.165) is 12.1 Å². The number of halogens is 4. The number of piperidine rings is 1. The van der Waals surface area contributed by atoms with Crippen LogP contribution >= 0.6 is 15.9 Å². The Bertz CT molecular complexity index is 1450. The summed E-state index contributed by atoms with van der Waals surface area (Å²) in [6.45, 7) is 3.66. The van der Waals surface area contributed by atoms with Crippen LogP contribution in [0, 0.1) is 5.92 Å². The normalized spacial score (nSPS) is 19.3. The molecule has 2 aromatic rings. The highest BCUT2D eigenvalue weighted by molar-refractivity contribution is 9.10. The van der Waals surface area contributed by atoms with Crippen LogP contribution in [0.2, 0.25) is 0 Å². The molecule has 38 heavy (non-hydrogen) atoms. The van der Waals surface area contributed by atoms with Gasteiger partial charge in [0.1, 0.15) is 0 Å². The second kappa shape index (κ2) is 10.2. The van der Waals surface area contributed by atoms with Gasteiger partial charge in [-0.3, -0.25) is 4.79 Å². The summed E-state index contributed by atoms with van der Waals surface area (Å²) >= 11 is 3.29. The van der Waals surface area contributed by atoms with E-state index < -0.39 is 53.2 Å². The molecule has 1 amide bonds. The quantitative estimate of drug-likeness (QED) is 0.378. The molecule has 1 atom stereocenters. The zero-order valence-corrected chi connectivity index (χ0v) is 24.2. The predicted octanol–water partition coefficient (Wildman–Crippen LogP) is 5.90. The highest BCUT2D eigenvalue weighted by Crippen LogP contribution is 2.42. The summed E-state index contributed by atoms with van der Waals surface area (Å²) < 4.78 is 92.2. The monoisotopic (exact) mass is 635 g/mol. The number of hydrogen-bond acceptors (Lipinski definition) is 5. The molecule has 2 fully saturated rings. The number of benzene rings is 2. The summed E-state index contributed by atoms with van der Waals surface area (Å²) in [6.07, 6.45) is -2.74. The maximum atomic E-state index is 13.6. The van der Waals surface area contributed by atoms with Crippen molar-refractivity contribution in [1.29, 1.82) is 0 Å². The summed E-state index contributed by atoms with van der Waals surface area (Å²) in [5.41, 5.74) is -0.933. The molecule has 0 N–H and O–H groups in total. The number of amides is 1. The molecular weight excluding hydrogens is 607 g/mol. The molecular formula is C26H29BrF3NO5S2. The van der Waals surface area contributed by atoms with E-state index in [-0.39, 0.29) is 34.9 Å². The van der Waals surface area contributed by atoms with Gasteiger partial charge in [0.25, 0.3) is 5.91 Å². The Labute approximate surface area is 229 Å². The van der Waals surface area contributed by atoms with Crippen LogP contribution in [0.5, 0.6) is 0 Å². The molecule has 1 heterocycles. The third kappa shape index (κ3) is 5.28. The number of carbonyl (C=O) groups excluding carboxylic acids is 1. The van der Waals surface area contributed by atoms with Crippen LogP contribution in [0.15, 0.2) is 56.7 Å². The van der Waals surface area contributed by atoms with Gasteiger partial charge in [-0.15, -0.1) is 0 Å². The number of nitrogens with zero attached hydrogens (tertiary/aromatic N) is 1. The van der Waals surface area contributed by atoms with Crippen LogP contribution in [0.4, 0.5) is 13.2 Å². The summed E-state index contributed by atoms with van der Waals surface area (Å²) in [6, 6.07) is 8.35. The molecule has 0 aromatic heterocycles. The van der Waals surface area contributed by atoms with E-state index in [1.807, 2.05) is 0 Å². The molecule has 1 saturated heterocycles. The molecule has 0 spiro atoms. The molecule has 1 aliphatic heterocycles. The predicted molar refractivity (Wildman–Crippen MR) is 140 cm³/mol. The van der Waals surface area contributed by atoms with E-state index in [4.69, 9.17) is 0 Å². The highest BCUT2D eigenvalue weighted by atomic mass is 79.9. The average Bonchev–Trinajstić information content (AvgIpc) is 3.74. The van der Waals surface area contributed by atoms with Crippen LogP contribution in [-0.4, -0.2) is 50.7 Å². The van der Waals surface area contributed by atoms with Crippen molar-refractivity contribution in [1.82, 2.24) is 4.90 Å². The summed E-state index contributed by atoms with van der Waals surface area (Å²) in [4.78, 5) is 14.6. The molecule has 1 aliphatic carbocycles. The van der Waals surface area contributed by atoms with Gasteiger partial charge in [-0.05, 0) is 81.3 Å². The second-order valence-electron chi connectivity index (χ2n) is 10.1. The van der Waals surface area contributed by atoms with Crippen molar-refractivity contribution in [2.75, 3.05) is 13.1 Å². The first kappa shape index (κ1) is 29.1. The van der Waals surface area contributed by atoms with Gasteiger partial charge in [0.2, 0.25) is 0 Å². The fourth-order valence-corrected chi connectivity index (χ4v) is 9.65. The van der Waals surface area contributed by atoms with E-state index in [1.54, 1.807) is 19.9 Å². The van der Waals surface area contributed by atoms with Crippen molar-refractivity contribution >= 4 is 41.5 Å². The summed E-state index contributed by atoms with van der Waals surface area (Å²) in [5, 5.41) is -0.486. The molecule has 2 aromatic carbocycles. The van der Waals surface area contributed by atoms with Crippen molar-refractivity contribution in [3.8, 4) is 0 Å². The van der Waals surface area contributed by atoms with E-state index in [0.29, 0.717) is 36.2 Å². The maximum Gasteiger partial charge on any atom is 0.416 e. The minimum atomic E-state index is -4.67. The van der Waals surface area contributed by atoms with Gasteiger partial charge in [0, 0.05) is 17.6 Å². The molecule has 12 heteroatoms. The number of carbonyl (C=O) groups is 1. The summed E-state index contributed by atoms with van der Waals surface area (Å²) in [7, 11) is -7.79. The van der Waals surface area contributed by atoms with Gasteiger partial charge in [-0.1, -0.05) is 28.9 Å². The van der Waals surface area contributed by atoms with Crippen LogP contribution in [0.25, 0.3) is 0 Å². The first-order chi connectivity index (χ1) is 17.6. The van der Waals surface area contributed by atoms with E-state index in [9.17, 15) is 34.8 Å². The standard InChI is InChI=1S/C26H29BrF3NO5S2/c1-3-25(2,38(35,36)21-6-4-5-18(15-21)26(28,29)30)17-11-13-31(14-12-17)24(32)22-10-7-19(27)16-23(22)37(33,34)20-8-9-20/h4-7,10,15-17,20H,3,8-9,11-14H2,1-2H3. The largest absolute Gasteiger partial charge is 0.416 e. The van der Waals surface area contributed by atoms with Crippen molar-refractivity contribution in [2.24, 2.45) is 5.92 Å². The highest BCUT2D eigenvalue weighted by Gasteiger charge is 2.47. The van der Waals surface area contributed by atoms with Gasteiger partial charge in [0.05, 0.1) is 30.9 Å². The lowest BCUT2D eigenvalue weighted by Crippen LogP contribution is -2.49. The van der Waals surface area contributed by atoms with Gasteiger partial charge >= 0.3 is 6.18 Å². The average molecular weight is 637 g/mol. The van der Waals surface area contributed by atoms with Gasteiger partial charge in [-0.25, -0.2) is 16.8 Å². The van der Waals surface area contributed by atoms with Crippen LogP contribution in [0.1, 0.15) is 61.9 Å². The smallest absolute Gasteiger partial charge is 0.339 e. The zero-order chi connectivity index (χ0) is 28.1. The lowest BCUT2D eigenvalue weighted by molar-refractivity contribution is -0.137. The van der Waals surface area contributed by atoms with Crippen molar-refractivity contribution < 1.29 is 34.8 Å². The minimum absolute atomic E-state index is 0.00739. The number of sulfone groups is 2. The zero-order valence-electron chi connectivity index (χ0n) is 21.0. The van der Waals surface area contributed by atoms with E-state index in [1.165, 1.54) is 23.1 Å². The van der Waals surface area contributed by atoms with Crippen molar-refractivity contribution in [2.45, 2.75) is 71.9 Å². The lowest BCUT2D eigenvalue weighted by atomic mass is 9.83. The number of alkyl halides is 3. The van der Waals surface area contributed by atoms with Gasteiger partial charge in [-0.2, -0.15) is 13.2 Å². The lowest BCUT2D eigenvalue weighted by Gasteiger charge is -2.42. The van der Waals surface area contributed by atoms with Crippen LogP contribution < -0.4 is 0 Å². The molecule has 0 bridgehead atoms. The van der Waals surface area contributed by atoms with E-state index in [2.05, 4.69) is 15.9 Å². The van der Waals surface area contributed by atoms with Crippen LogP contribution in [-0.2, 0) is 25.9 Å². The molecule has 2 aliphatic rings. The van der Waals surface area contributed by atoms with Crippen molar-refractivity contribution in [3.63, 3.8) is 0 Å². The van der Waals surface area contributed by atoms with Gasteiger partial charge < -0.3 is 4.90 Å². The Kier molecular flexibility index (Phi) is 7.83. The fourth-order valence-electron chi connectivity index (χ4n) is 5.14. The maximum absolute atomic E-state index is 13.6. The Hall–Kier alpha value is -1.92. The first-order valence-electron chi connectivity index (χ1n) is 12.4. The molecule has 1 unspecified atom stereocenters. The number of hydrogen-bond donors (Lipinski definition) is 0. The number of rotatable bonds is 7. The van der Waals surface area contributed by atoms with Crippen molar-refractivity contribution in [3.05, 3.63) is 58.1 Å². The SMILES string of the molecule is CCC(C)(C1CCN(C(=O)c2ccc(Br)cc2S(=O)(=O)C2CC2)CC1)S(=O)(=O)c1cccc(C(F)(F)F)c1. The third-order valence-corrected chi connectivity index (χ3v) is 13.4. The Morgan fingerprint density at radius 1 is 1.00 bits per heavy atom. The summed E-state index contributed by atoms with van der Waals surface area (Å²) in [5.74, 6) is -0.843.